The van der Waals surface area contributed by atoms with E-state index in [2.05, 4.69) is 4.74 Å². The van der Waals surface area contributed by atoms with Crippen LogP contribution >= 0.6 is 0 Å². The summed E-state index contributed by atoms with van der Waals surface area (Å²) in [5.41, 5.74) is 1.28. The number of hydrogen-bond donors (Lipinski definition) is 0. The molecule has 1 aromatic heterocycles. The van der Waals surface area contributed by atoms with E-state index in [4.69, 9.17) is 13.9 Å². The summed E-state index contributed by atoms with van der Waals surface area (Å²) in [7, 11) is 1.27. The van der Waals surface area contributed by atoms with E-state index in [9.17, 15) is 18.4 Å². The molecule has 1 heterocycles. The summed E-state index contributed by atoms with van der Waals surface area (Å²) in [4.78, 5) is 24.0. The van der Waals surface area contributed by atoms with E-state index in [1.54, 1.807) is 24.3 Å². The Kier molecular flexibility index (Phi) is 5.93. The van der Waals surface area contributed by atoms with Gasteiger partial charge < -0.3 is 18.6 Å². The van der Waals surface area contributed by atoms with E-state index >= 15 is 0 Å². The third kappa shape index (κ3) is 4.30. The zero-order valence-electron chi connectivity index (χ0n) is 14.9. The number of aryl methyl sites for hydroxylation is 1. The average molecular weight is 393 g/mol. The number of benzene rings is 2. The zero-order valence-corrected chi connectivity index (χ0v) is 14.9. The van der Waals surface area contributed by atoms with Gasteiger partial charge in [0.25, 0.3) is 0 Å². The highest BCUT2D eigenvalue weighted by molar-refractivity contribution is 5.90. The van der Waals surface area contributed by atoms with Crippen molar-refractivity contribution in [3.8, 4) is 11.5 Å². The van der Waals surface area contributed by atoms with Crippen LogP contribution in [-0.2, 0) is 11.3 Å². The van der Waals surface area contributed by atoms with Gasteiger partial charge in [-0.25, -0.2) is 9.59 Å². The minimum absolute atomic E-state index is 0.00818. The van der Waals surface area contributed by atoms with Crippen LogP contribution in [0.25, 0.3) is 11.1 Å². The van der Waals surface area contributed by atoms with E-state index in [1.807, 2.05) is 0 Å². The van der Waals surface area contributed by atoms with Gasteiger partial charge in [0.1, 0.15) is 0 Å². The molecule has 3 aromatic rings. The number of rotatable bonds is 8. The summed E-state index contributed by atoms with van der Waals surface area (Å²) in [6.45, 7) is -2.63. The molecule has 148 valence electrons. The number of para-hydroxylation sites is 2. The Morgan fingerprint density at radius 3 is 2.71 bits per heavy atom. The maximum absolute atomic E-state index is 12.3. The van der Waals surface area contributed by atoms with Gasteiger partial charge in [-0.3, -0.25) is 4.57 Å². The monoisotopic (exact) mass is 393 g/mol. The lowest BCUT2D eigenvalue weighted by Crippen LogP contribution is -2.16. The fraction of sp³-hybridized carbons (Fsp3) is 0.263. The molecule has 0 N–H and O–H groups in total. The van der Waals surface area contributed by atoms with E-state index < -0.39 is 18.3 Å². The third-order valence-corrected chi connectivity index (χ3v) is 3.95. The molecule has 0 radical (unpaired) electrons. The summed E-state index contributed by atoms with van der Waals surface area (Å²) in [6.07, 6.45) is 0.388. The number of nitrogens with zero attached hydrogens (tertiary/aromatic N) is 1. The first-order valence-electron chi connectivity index (χ1n) is 8.38. The average Bonchev–Trinajstić information content (AvgIpc) is 3.00. The smallest absolute Gasteiger partial charge is 0.419 e. The topological polar surface area (TPSA) is 79.9 Å². The van der Waals surface area contributed by atoms with Gasteiger partial charge in [0.2, 0.25) is 0 Å². The van der Waals surface area contributed by atoms with Crippen LogP contribution in [0, 0.1) is 0 Å². The molecular weight excluding hydrogens is 376 g/mol. The highest BCUT2D eigenvalue weighted by atomic mass is 19.3. The van der Waals surface area contributed by atoms with Crippen LogP contribution in [0.5, 0.6) is 11.5 Å². The van der Waals surface area contributed by atoms with Crippen LogP contribution in [-0.4, -0.2) is 30.9 Å². The largest absolute Gasteiger partial charge is 0.493 e. The Hall–Kier alpha value is -3.36. The number of oxazole rings is 1. The minimum Gasteiger partial charge on any atom is -0.493 e. The Morgan fingerprint density at radius 2 is 1.96 bits per heavy atom. The van der Waals surface area contributed by atoms with Crippen LogP contribution in [0.1, 0.15) is 16.8 Å². The fourth-order valence-corrected chi connectivity index (χ4v) is 2.68. The summed E-state index contributed by atoms with van der Waals surface area (Å²) in [5.74, 6) is -1.32. The second-order valence-corrected chi connectivity index (χ2v) is 5.72. The van der Waals surface area contributed by atoms with Gasteiger partial charge in [0.15, 0.2) is 17.1 Å². The van der Waals surface area contributed by atoms with Crippen LogP contribution in [0.15, 0.2) is 51.7 Å². The van der Waals surface area contributed by atoms with Crippen LogP contribution in [0.2, 0.25) is 0 Å². The van der Waals surface area contributed by atoms with E-state index in [1.165, 1.54) is 29.9 Å². The normalized spacial score (nSPS) is 11.0. The van der Waals surface area contributed by atoms with Gasteiger partial charge in [0, 0.05) is 6.54 Å². The Labute approximate surface area is 158 Å². The van der Waals surface area contributed by atoms with E-state index in [0.29, 0.717) is 24.1 Å². The summed E-state index contributed by atoms with van der Waals surface area (Å²) in [5, 5.41) is 0. The summed E-state index contributed by atoms with van der Waals surface area (Å²) in [6, 6.07) is 10.8. The van der Waals surface area contributed by atoms with Gasteiger partial charge in [-0.2, -0.15) is 8.78 Å². The van der Waals surface area contributed by atoms with Crippen LogP contribution in [0.4, 0.5) is 8.78 Å². The number of hydrogen-bond acceptors (Lipinski definition) is 6. The molecule has 0 saturated carbocycles. The molecule has 0 unspecified atom stereocenters. The number of carbonyl (C=O) groups is 1. The molecule has 0 aliphatic rings. The van der Waals surface area contributed by atoms with Crippen molar-refractivity contribution in [3.63, 3.8) is 0 Å². The molecule has 28 heavy (non-hydrogen) atoms. The number of aromatic nitrogens is 1. The van der Waals surface area contributed by atoms with E-state index in [-0.39, 0.29) is 23.7 Å². The van der Waals surface area contributed by atoms with Crippen molar-refractivity contribution in [1.82, 2.24) is 4.57 Å². The summed E-state index contributed by atoms with van der Waals surface area (Å²) >= 11 is 0. The molecule has 9 heteroatoms. The van der Waals surface area contributed by atoms with Gasteiger partial charge >= 0.3 is 18.3 Å². The number of fused-ring (bicyclic) bond motifs is 1. The lowest BCUT2D eigenvalue weighted by molar-refractivity contribution is -0.0512. The van der Waals surface area contributed by atoms with Crippen molar-refractivity contribution >= 4 is 17.1 Å². The molecule has 0 aliphatic carbocycles. The van der Waals surface area contributed by atoms with Crippen molar-refractivity contribution in [2.75, 3.05) is 13.7 Å². The molecule has 2 aromatic carbocycles. The number of esters is 1. The third-order valence-electron chi connectivity index (χ3n) is 3.95. The molecular formula is C19H17F2NO6. The van der Waals surface area contributed by atoms with Crippen molar-refractivity contribution in [2.24, 2.45) is 0 Å². The second-order valence-electron chi connectivity index (χ2n) is 5.72. The van der Waals surface area contributed by atoms with Gasteiger partial charge in [-0.1, -0.05) is 12.1 Å². The Balaban J connectivity index is 1.58. The molecule has 7 nitrogen and oxygen atoms in total. The first-order valence-corrected chi connectivity index (χ1v) is 8.38. The number of methoxy groups -OCH3 is 1. The van der Waals surface area contributed by atoms with Crippen molar-refractivity contribution < 1.29 is 32.2 Å². The number of carbonyl (C=O) groups excluding carboxylic acids is 1. The first kappa shape index (κ1) is 19.4. The molecule has 0 atom stereocenters. The molecule has 0 fully saturated rings. The fourth-order valence-electron chi connectivity index (χ4n) is 2.68. The lowest BCUT2D eigenvalue weighted by Gasteiger charge is -2.11. The number of halogens is 2. The van der Waals surface area contributed by atoms with Crippen molar-refractivity contribution in [3.05, 3.63) is 58.6 Å². The molecule has 0 aliphatic heterocycles. The van der Waals surface area contributed by atoms with Crippen LogP contribution < -0.4 is 15.2 Å². The van der Waals surface area contributed by atoms with Gasteiger partial charge in [-0.05, 0) is 36.8 Å². The predicted molar refractivity (Wildman–Crippen MR) is 95.0 cm³/mol. The Morgan fingerprint density at radius 1 is 1.18 bits per heavy atom. The molecule has 0 bridgehead atoms. The first-order chi connectivity index (χ1) is 13.5. The molecule has 0 spiro atoms. The molecule has 0 saturated heterocycles. The molecule has 0 amide bonds. The zero-order chi connectivity index (χ0) is 20.1. The molecule has 3 rings (SSSR count). The van der Waals surface area contributed by atoms with Crippen molar-refractivity contribution in [1.29, 1.82) is 0 Å². The van der Waals surface area contributed by atoms with Gasteiger partial charge in [0.05, 0.1) is 24.8 Å². The quantitative estimate of drug-likeness (QED) is 0.431. The van der Waals surface area contributed by atoms with Gasteiger partial charge in [-0.15, -0.1) is 0 Å². The minimum atomic E-state index is -3.01. The maximum atomic E-state index is 12.3. The maximum Gasteiger partial charge on any atom is 0.419 e. The Bertz CT molecular complexity index is 1030. The summed E-state index contributed by atoms with van der Waals surface area (Å²) < 4.78 is 45.7. The standard InChI is InChI=1S/C19H17F2NO6/c1-25-16-11-12(7-8-15(16)27-18(20)21)17(23)26-10-4-9-22-13-5-2-3-6-14(13)28-19(22)24/h2-3,5-8,11,18H,4,9-10H2,1H3. The SMILES string of the molecule is COc1cc(C(=O)OCCCn2c(=O)oc3ccccc32)ccc1OC(F)F. The number of alkyl halides is 2. The lowest BCUT2D eigenvalue weighted by atomic mass is 10.2. The highest BCUT2D eigenvalue weighted by Crippen LogP contribution is 2.29. The predicted octanol–water partition coefficient (Wildman–Crippen LogP) is 3.45. The number of ether oxygens (including phenoxy) is 3. The highest BCUT2D eigenvalue weighted by Gasteiger charge is 2.15. The second kappa shape index (κ2) is 8.55. The van der Waals surface area contributed by atoms with Crippen molar-refractivity contribution in [2.45, 2.75) is 19.6 Å². The van der Waals surface area contributed by atoms with E-state index in [0.717, 1.165) is 0 Å². The van der Waals surface area contributed by atoms with Crippen LogP contribution in [0.3, 0.4) is 0 Å².